The summed E-state index contributed by atoms with van der Waals surface area (Å²) in [5.74, 6) is -0.472. The first-order valence-corrected chi connectivity index (χ1v) is 4.77. The maximum Gasteiger partial charge on any atom is 0.246 e. The number of hydrogen-bond donors (Lipinski definition) is 1. The first-order valence-electron chi connectivity index (χ1n) is 4.77. The summed E-state index contributed by atoms with van der Waals surface area (Å²) in [7, 11) is 0. The Labute approximate surface area is 87.2 Å². The van der Waals surface area contributed by atoms with Crippen LogP contribution in [0.15, 0.2) is 24.3 Å². The Morgan fingerprint density at radius 3 is 2.80 bits per heavy atom. The third-order valence-corrected chi connectivity index (χ3v) is 2.59. The normalized spacial score (nSPS) is 26.1. The van der Waals surface area contributed by atoms with Crippen LogP contribution in [-0.2, 0) is 15.1 Å². The van der Waals surface area contributed by atoms with Gasteiger partial charge in [0.1, 0.15) is 18.0 Å². The second kappa shape index (κ2) is 3.62. The smallest absolute Gasteiger partial charge is 0.246 e. The van der Waals surface area contributed by atoms with Gasteiger partial charge in [-0.15, -0.1) is 0 Å². The van der Waals surface area contributed by atoms with E-state index in [1.54, 1.807) is 25.1 Å². The molecular formula is C11H12FNO2. The van der Waals surface area contributed by atoms with Crippen molar-refractivity contribution in [3.63, 3.8) is 0 Å². The monoisotopic (exact) mass is 209 g/mol. The molecule has 3 nitrogen and oxygen atoms in total. The van der Waals surface area contributed by atoms with Crippen molar-refractivity contribution in [2.45, 2.75) is 12.5 Å². The van der Waals surface area contributed by atoms with Crippen LogP contribution in [0.5, 0.6) is 0 Å². The van der Waals surface area contributed by atoms with Crippen molar-refractivity contribution < 1.29 is 13.9 Å². The van der Waals surface area contributed by atoms with Gasteiger partial charge < -0.3 is 10.1 Å². The zero-order valence-electron chi connectivity index (χ0n) is 8.42. The van der Waals surface area contributed by atoms with Crippen LogP contribution >= 0.6 is 0 Å². The number of carbonyl (C=O) groups excluding carboxylic acids is 1. The molecule has 80 valence electrons. The van der Waals surface area contributed by atoms with E-state index in [0.717, 1.165) is 0 Å². The van der Waals surface area contributed by atoms with Gasteiger partial charge in [0.05, 0.1) is 6.54 Å². The number of nitrogens with one attached hydrogen (secondary N) is 1. The molecule has 15 heavy (non-hydrogen) atoms. The molecule has 1 atom stereocenters. The highest BCUT2D eigenvalue weighted by Gasteiger charge is 2.34. The Hall–Kier alpha value is -1.42. The molecule has 1 fully saturated rings. The number of amides is 1. The lowest BCUT2D eigenvalue weighted by atomic mass is 9.94. The molecule has 1 aromatic rings. The molecule has 1 amide bonds. The van der Waals surface area contributed by atoms with E-state index in [2.05, 4.69) is 5.32 Å². The van der Waals surface area contributed by atoms with E-state index in [-0.39, 0.29) is 18.3 Å². The summed E-state index contributed by atoms with van der Waals surface area (Å²) in [5.41, 5.74) is -0.288. The summed E-state index contributed by atoms with van der Waals surface area (Å²) in [6, 6.07) is 6.44. The number of carbonyl (C=O) groups is 1. The molecule has 1 saturated heterocycles. The highest BCUT2D eigenvalue weighted by atomic mass is 19.1. The van der Waals surface area contributed by atoms with E-state index in [9.17, 15) is 9.18 Å². The van der Waals surface area contributed by atoms with E-state index in [4.69, 9.17) is 4.74 Å². The van der Waals surface area contributed by atoms with E-state index >= 15 is 0 Å². The Morgan fingerprint density at radius 1 is 1.47 bits per heavy atom. The van der Waals surface area contributed by atoms with Gasteiger partial charge in [0.15, 0.2) is 0 Å². The molecule has 0 saturated carbocycles. The lowest BCUT2D eigenvalue weighted by Gasteiger charge is -2.34. The van der Waals surface area contributed by atoms with Gasteiger partial charge in [-0.25, -0.2) is 4.39 Å². The van der Waals surface area contributed by atoms with Crippen LogP contribution in [0.4, 0.5) is 4.39 Å². The molecule has 2 rings (SSSR count). The zero-order chi connectivity index (χ0) is 10.9. The highest BCUT2D eigenvalue weighted by molar-refractivity contribution is 5.78. The van der Waals surface area contributed by atoms with Crippen molar-refractivity contribution in [2.24, 2.45) is 0 Å². The maximum atomic E-state index is 13.5. The van der Waals surface area contributed by atoms with Crippen LogP contribution < -0.4 is 5.32 Å². The second-order valence-corrected chi connectivity index (χ2v) is 3.78. The van der Waals surface area contributed by atoms with Crippen LogP contribution in [0.1, 0.15) is 12.5 Å². The SMILES string of the molecule is CC1(c2ccccc2F)CNC(=O)CO1. The van der Waals surface area contributed by atoms with Crippen LogP contribution in [0.2, 0.25) is 0 Å². The molecule has 1 heterocycles. The number of morpholine rings is 1. The quantitative estimate of drug-likeness (QED) is 0.754. The molecule has 1 N–H and O–H groups in total. The summed E-state index contributed by atoms with van der Waals surface area (Å²) in [6.07, 6.45) is 0. The van der Waals surface area contributed by atoms with Crippen molar-refractivity contribution in [2.75, 3.05) is 13.2 Å². The highest BCUT2D eigenvalue weighted by Crippen LogP contribution is 2.28. The van der Waals surface area contributed by atoms with Crippen molar-refractivity contribution in [1.29, 1.82) is 0 Å². The zero-order valence-corrected chi connectivity index (χ0v) is 8.42. The van der Waals surface area contributed by atoms with Crippen molar-refractivity contribution >= 4 is 5.91 Å². The van der Waals surface area contributed by atoms with E-state index < -0.39 is 5.60 Å². The first kappa shape index (κ1) is 10.1. The summed E-state index contributed by atoms with van der Waals surface area (Å²) in [5, 5.41) is 2.67. The Kier molecular flexibility index (Phi) is 2.44. The predicted octanol–water partition coefficient (Wildman–Crippen LogP) is 1.19. The van der Waals surface area contributed by atoms with E-state index in [1.165, 1.54) is 6.07 Å². The minimum Gasteiger partial charge on any atom is -0.359 e. The van der Waals surface area contributed by atoms with Gasteiger partial charge in [-0.05, 0) is 13.0 Å². The largest absolute Gasteiger partial charge is 0.359 e. The lowest BCUT2D eigenvalue weighted by Crippen LogP contribution is -2.49. The van der Waals surface area contributed by atoms with Crippen molar-refractivity contribution in [1.82, 2.24) is 5.32 Å². The van der Waals surface area contributed by atoms with Gasteiger partial charge >= 0.3 is 0 Å². The summed E-state index contributed by atoms with van der Waals surface area (Å²) < 4.78 is 18.9. The van der Waals surface area contributed by atoms with Crippen molar-refractivity contribution in [3.05, 3.63) is 35.6 Å². The minimum atomic E-state index is -0.765. The lowest BCUT2D eigenvalue weighted by molar-refractivity contribution is -0.143. The van der Waals surface area contributed by atoms with Gasteiger partial charge in [0.2, 0.25) is 5.91 Å². The van der Waals surface area contributed by atoms with E-state index in [1.807, 2.05) is 0 Å². The molecule has 4 heteroatoms. The standard InChI is InChI=1S/C11H12FNO2/c1-11(7-13-10(14)6-15-11)8-4-2-3-5-9(8)12/h2-5H,6-7H2,1H3,(H,13,14). The molecule has 0 bridgehead atoms. The molecule has 1 aromatic carbocycles. The Balaban J connectivity index is 2.30. The van der Waals surface area contributed by atoms with Crippen LogP contribution in [0.3, 0.4) is 0 Å². The third-order valence-electron chi connectivity index (χ3n) is 2.59. The summed E-state index contributed by atoms with van der Waals surface area (Å²) in [4.78, 5) is 10.9. The fraction of sp³-hybridized carbons (Fsp3) is 0.364. The van der Waals surface area contributed by atoms with Gasteiger partial charge in [-0.1, -0.05) is 18.2 Å². The molecule has 0 radical (unpaired) electrons. The Morgan fingerprint density at radius 2 is 2.20 bits per heavy atom. The average molecular weight is 209 g/mol. The number of halogens is 1. The first-order chi connectivity index (χ1) is 7.12. The number of hydrogen-bond acceptors (Lipinski definition) is 2. The molecule has 0 spiro atoms. The Bertz CT molecular complexity index is 382. The fourth-order valence-corrected chi connectivity index (χ4v) is 1.66. The van der Waals surface area contributed by atoms with Crippen LogP contribution in [-0.4, -0.2) is 19.1 Å². The molecule has 1 unspecified atom stereocenters. The summed E-state index contributed by atoms with van der Waals surface area (Å²) >= 11 is 0. The average Bonchev–Trinajstić information content (AvgIpc) is 2.23. The fourth-order valence-electron chi connectivity index (χ4n) is 1.66. The van der Waals surface area contributed by atoms with E-state index in [0.29, 0.717) is 12.1 Å². The number of rotatable bonds is 1. The van der Waals surface area contributed by atoms with Crippen LogP contribution in [0.25, 0.3) is 0 Å². The third kappa shape index (κ3) is 1.85. The molecule has 0 aliphatic carbocycles. The van der Waals surface area contributed by atoms with Gasteiger partial charge in [0.25, 0.3) is 0 Å². The number of ether oxygens (including phenoxy) is 1. The predicted molar refractivity (Wildman–Crippen MR) is 52.7 cm³/mol. The van der Waals surface area contributed by atoms with Gasteiger partial charge in [-0.2, -0.15) is 0 Å². The van der Waals surface area contributed by atoms with Crippen LogP contribution in [0, 0.1) is 5.82 Å². The molecular weight excluding hydrogens is 197 g/mol. The summed E-state index contributed by atoms with van der Waals surface area (Å²) in [6.45, 7) is 2.04. The number of benzene rings is 1. The van der Waals surface area contributed by atoms with Crippen molar-refractivity contribution in [3.8, 4) is 0 Å². The molecule has 0 aromatic heterocycles. The van der Waals surface area contributed by atoms with Gasteiger partial charge in [-0.3, -0.25) is 4.79 Å². The molecule has 1 aliphatic heterocycles. The van der Waals surface area contributed by atoms with Gasteiger partial charge in [0, 0.05) is 5.56 Å². The molecule has 1 aliphatic rings. The maximum absolute atomic E-state index is 13.5. The second-order valence-electron chi connectivity index (χ2n) is 3.78. The topological polar surface area (TPSA) is 38.3 Å². The minimum absolute atomic E-state index is 0.0230.